The van der Waals surface area contributed by atoms with E-state index < -0.39 is 0 Å². The van der Waals surface area contributed by atoms with Gasteiger partial charge in [0, 0.05) is 31.2 Å². The number of amides is 1. The number of hydrogen-bond donors (Lipinski definition) is 1. The quantitative estimate of drug-likeness (QED) is 0.900. The van der Waals surface area contributed by atoms with Gasteiger partial charge >= 0.3 is 0 Å². The number of likely N-dealkylation sites (tertiary alicyclic amines) is 1. The minimum atomic E-state index is -0.0972. The lowest BCUT2D eigenvalue weighted by molar-refractivity contribution is 0.0900. The second kappa shape index (κ2) is 6.68. The van der Waals surface area contributed by atoms with Crippen molar-refractivity contribution >= 4 is 5.91 Å². The van der Waals surface area contributed by atoms with Gasteiger partial charge in [-0.05, 0) is 37.8 Å². The third-order valence-electron chi connectivity index (χ3n) is 4.59. The number of nitrogens with one attached hydrogen (secondary N) is 1. The SMILES string of the molecule is O=C(NC1CCN(Cc2nnc(C3CC3)o2)CC1)c1ccccn1. The molecule has 0 radical (unpaired) electrons. The lowest BCUT2D eigenvalue weighted by Crippen LogP contribution is -2.44. The van der Waals surface area contributed by atoms with Crippen molar-refractivity contribution in [2.24, 2.45) is 0 Å². The van der Waals surface area contributed by atoms with Crippen LogP contribution in [0.5, 0.6) is 0 Å². The summed E-state index contributed by atoms with van der Waals surface area (Å²) in [6, 6.07) is 5.56. The summed E-state index contributed by atoms with van der Waals surface area (Å²) in [5, 5.41) is 11.3. The molecule has 126 valence electrons. The maximum atomic E-state index is 12.1. The topological polar surface area (TPSA) is 84.2 Å². The Morgan fingerprint density at radius 3 is 2.75 bits per heavy atom. The van der Waals surface area contributed by atoms with Crippen molar-refractivity contribution in [3.8, 4) is 0 Å². The zero-order valence-electron chi connectivity index (χ0n) is 13.5. The van der Waals surface area contributed by atoms with E-state index in [9.17, 15) is 4.79 Å². The van der Waals surface area contributed by atoms with Crippen LogP contribution in [0.2, 0.25) is 0 Å². The number of pyridine rings is 1. The summed E-state index contributed by atoms with van der Waals surface area (Å²) in [7, 11) is 0. The first-order chi connectivity index (χ1) is 11.8. The first kappa shape index (κ1) is 15.3. The highest BCUT2D eigenvalue weighted by Gasteiger charge is 2.30. The lowest BCUT2D eigenvalue weighted by Gasteiger charge is -2.31. The second-order valence-electron chi connectivity index (χ2n) is 6.55. The summed E-state index contributed by atoms with van der Waals surface area (Å²) >= 11 is 0. The fourth-order valence-electron chi connectivity index (χ4n) is 3.01. The predicted octanol–water partition coefficient (Wildman–Crippen LogP) is 1.74. The molecular formula is C17H21N5O2. The lowest BCUT2D eigenvalue weighted by atomic mass is 10.0. The van der Waals surface area contributed by atoms with E-state index in [-0.39, 0.29) is 11.9 Å². The predicted molar refractivity (Wildman–Crippen MR) is 86.3 cm³/mol. The second-order valence-corrected chi connectivity index (χ2v) is 6.55. The number of rotatable bonds is 5. The molecule has 0 atom stereocenters. The zero-order chi connectivity index (χ0) is 16.4. The molecule has 1 saturated heterocycles. The maximum absolute atomic E-state index is 12.1. The van der Waals surface area contributed by atoms with Crippen molar-refractivity contribution in [3.63, 3.8) is 0 Å². The van der Waals surface area contributed by atoms with Gasteiger partial charge in [0.15, 0.2) is 0 Å². The fourth-order valence-corrected chi connectivity index (χ4v) is 3.01. The molecule has 2 aromatic heterocycles. The van der Waals surface area contributed by atoms with E-state index in [1.54, 1.807) is 18.3 Å². The molecule has 0 unspecified atom stereocenters. The smallest absolute Gasteiger partial charge is 0.270 e. The minimum Gasteiger partial charge on any atom is -0.424 e. The van der Waals surface area contributed by atoms with Gasteiger partial charge in [0.05, 0.1) is 6.54 Å². The summed E-state index contributed by atoms with van der Waals surface area (Å²) in [5.41, 5.74) is 0.471. The Morgan fingerprint density at radius 2 is 2.04 bits per heavy atom. The van der Waals surface area contributed by atoms with Gasteiger partial charge in [-0.1, -0.05) is 6.07 Å². The van der Waals surface area contributed by atoms with Gasteiger partial charge in [-0.15, -0.1) is 10.2 Å². The fraction of sp³-hybridized carbons (Fsp3) is 0.529. The molecule has 3 heterocycles. The molecule has 7 nitrogen and oxygen atoms in total. The first-order valence-corrected chi connectivity index (χ1v) is 8.54. The summed E-state index contributed by atoms with van der Waals surface area (Å²) in [4.78, 5) is 18.5. The third-order valence-corrected chi connectivity index (χ3v) is 4.59. The largest absolute Gasteiger partial charge is 0.424 e. The standard InChI is InChI=1S/C17H21N5O2/c23-16(14-3-1-2-8-18-14)19-13-6-9-22(10-7-13)11-15-20-21-17(24-15)12-4-5-12/h1-3,8,12-13H,4-7,9-11H2,(H,19,23). The van der Waals surface area contributed by atoms with Gasteiger partial charge in [0.2, 0.25) is 11.8 Å². The first-order valence-electron chi connectivity index (χ1n) is 8.54. The molecular weight excluding hydrogens is 306 g/mol. The van der Waals surface area contributed by atoms with Crippen molar-refractivity contribution in [3.05, 3.63) is 41.9 Å². The Bertz CT molecular complexity index is 690. The molecule has 4 rings (SSSR count). The van der Waals surface area contributed by atoms with E-state index >= 15 is 0 Å². The summed E-state index contributed by atoms with van der Waals surface area (Å²) in [5.74, 6) is 1.90. The van der Waals surface area contributed by atoms with Crippen LogP contribution < -0.4 is 5.32 Å². The number of carbonyl (C=O) groups is 1. The highest BCUT2D eigenvalue weighted by molar-refractivity contribution is 5.92. The Kier molecular flexibility index (Phi) is 4.25. The van der Waals surface area contributed by atoms with E-state index in [0.717, 1.165) is 31.8 Å². The molecule has 2 fully saturated rings. The van der Waals surface area contributed by atoms with E-state index in [0.29, 0.717) is 24.0 Å². The number of carbonyl (C=O) groups excluding carboxylic acids is 1. The van der Waals surface area contributed by atoms with Crippen molar-refractivity contribution in [1.29, 1.82) is 0 Å². The van der Waals surface area contributed by atoms with Crippen molar-refractivity contribution in [2.75, 3.05) is 13.1 Å². The molecule has 0 aromatic carbocycles. The van der Waals surface area contributed by atoms with Crippen LogP contribution in [0.25, 0.3) is 0 Å². The van der Waals surface area contributed by atoms with Crippen LogP contribution in [0, 0.1) is 0 Å². The van der Waals surface area contributed by atoms with Gasteiger partial charge in [0.1, 0.15) is 5.69 Å². The van der Waals surface area contributed by atoms with Gasteiger partial charge in [-0.2, -0.15) is 0 Å². The molecule has 7 heteroatoms. The van der Waals surface area contributed by atoms with Gasteiger partial charge < -0.3 is 9.73 Å². The maximum Gasteiger partial charge on any atom is 0.270 e. The highest BCUT2D eigenvalue weighted by atomic mass is 16.4. The number of piperidine rings is 1. The van der Waals surface area contributed by atoms with Crippen LogP contribution >= 0.6 is 0 Å². The van der Waals surface area contributed by atoms with Crippen molar-refractivity contribution in [1.82, 2.24) is 25.4 Å². The Balaban J connectivity index is 1.25. The van der Waals surface area contributed by atoms with E-state index in [4.69, 9.17) is 4.42 Å². The summed E-state index contributed by atoms with van der Waals surface area (Å²) in [6.45, 7) is 2.52. The molecule has 1 amide bonds. The van der Waals surface area contributed by atoms with Gasteiger partial charge in [-0.25, -0.2) is 0 Å². The van der Waals surface area contributed by atoms with Crippen molar-refractivity contribution < 1.29 is 9.21 Å². The molecule has 1 aliphatic carbocycles. The molecule has 0 bridgehead atoms. The van der Waals surface area contributed by atoms with Crippen LogP contribution in [-0.4, -0.2) is 45.1 Å². The van der Waals surface area contributed by atoms with Gasteiger partial charge in [-0.3, -0.25) is 14.7 Å². The van der Waals surface area contributed by atoms with E-state index in [2.05, 4.69) is 25.4 Å². The Hall–Kier alpha value is -2.28. The molecule has 1 N–H and O–H groups in total. The van der Waals surface area contributed by atoms with E-state index in [1.165, 1.54) is 12.8 Å². The Labute approximate surface area is 140 Å². The molecule has 1 aliphatic heterocycles. The van der Waals surface area contributed by atoms with Crippen molar-refractivity contribution in [2.45, 2.75) is 44.2 Å². The normalized spacial score (nSPS) is 19.3. The molecule has 2 aromatic rings. The average molecular weight is 327 g/mol. The van der Waals surface area contributed by atoms with Crippen LogP contribution in [0.1, 0.15) is 53.9 Å². The zero-order valence-corrected chi connectivity index (χ0v) is 13.5. The molecule has 0 spiro atoms. The third kappa shape index (κ3) is 3.62. The van der Waals surface area contributed by atoms with Crippen LogP contribution in [-0.2, 0) is 6.54 Å². The highest BCUT2D eigenvalue weighted by Crippen LogP contribution is 2.39. The molecule has 24 heavy (non-hydrogen) atoms. The Morgan fingerprint density at radius 1 is 1.21 bits per heavy atom. The van der Waals surface area contributed by atoms with Crippen LogP contribution in [0.15, 0.2) is 28.8 Å². The summed E-state index contributed by atoms with van der Waals surface area (Å²) in [6.07, 6.45) is 5.81. The summed E-state index contributed by atoms with van der Waals surface area (Å²) < 4.78 is 5.72. The number of aromatic nitrogens is 3. The number of hydrogen-bond acceptors (Lipinski definition) is 6. The molecule has 2 aliphatic rings. The molecule has 1 saturated carbocycles. The van der Waals surface area contributed by atoms with E-state index in [1.807, 2.05) is 6.07 Å². The monoisotopic (exact) mass is 327 g/mol. The van der Waals surface area contributed by atoms with Gasteiger partial charge in [0.25, 0.3) is 5.91 Å². The van der Waals surface area contributed by atoms with Crippen LogP contribution in [0.3, 0.4) is 0 Å². The minimum absolute atomic E-state index is 0.0972. The van der Waals surface area contributed by atoms with Crippen LogP contribution in [0.4, 0.5) is 0 Å². The average Bonchev–Trinajstić information content (AvgIpc) is 3.37. The number of nitrogens with zero attached hydrogens (tertiary/aromatic N) is 4.